The number of amides is 1. The Kier molecular flexibility index (Phi) is 4.39. The van der Waals surface area contributed by atoms with Gasteiger partial charge in [-0.25, -0.2) is 0 Å². The van der Waals surface area contributed by atoms with Crippen molar-refractivity contribution in [1.29, 1.82) is 0 Å². The lowest BCUT2D eigenvalue weighted by atomic mass is 10.00. The zero-order chi connectivity index (χ0) is 15.4. The Balaban J connectivity index is 1.56. The third-order valence-electron chi connectivity index (χ3n) is 4.00. The van der Waals surface area contributed by atoms with E-state index in [1.54, 1.807) is 0 Å². The Morgan fingerprint density at radius 1 is 1.09 bits per heavy atom. The van der Waals surface area contributed by atoms with E-state index in [0.29, 0.717) is 18.8 Å². The van der Waals surface area contributed by atoms with E-state index in [0.717, 1.165) is 18.5 Å². The molecule has 1 aliphatic heterocycles. The number of ether oxygens (including phenoxy) is 1. The highest BCUT2D eigenvalue weighted by molar-refractivity contribution is 5.78. The van der Waals surface area contributed by atoms with Gasteiger partial charge < -0.3 is 15.4 Å². The van der Waals surface area contributed by atoms with Crippen molar-refractivity contribution in [3.8, 4) is 5.75 Å². The van der Waals surface area contributed by atoms with Crippen LogP contribution in [0.1, 0.15) is 16.7 Å². The molecule has 2 aromatic carbocycles. The van der Waals surface area contributed by atoms with E-state index in [9.17, 15) is 4.79 Å². The molecule has 0 aliphatic carbocycles. The van der Waals surface area contributed by atoms with Gasteiger partial charge in [0.2, 0.25) is 0 Å². The number of benzene rings is 2. The Bertz CT molecular complexity index is 652. The van der Waals surface area contributed by atoms with Gasteiger partial charge in [-0.05, 0) is 35.2 Å². The van der Waals surface area contributed by atoms with Gasteiger partial charge in [0.15, 0.2) is 6.61 Å². The van der Waals surface area contributed by atoms with Crippen LogP contribution in [0, 0.1) is 0 Å². The molecule has 1 amide bonds. The Morgan fingerprint density at radius 3 is 2.55 bits per heavy atom. The summed E-state index contributed by atoms with van der Waals surface area (Å²) in [6.07, 6.45) is 0.910. The fourth-order valence-corrected chi connectivity index (χ4v) is 2.67. The molecular formula is C18H20N2O2. The molecule has 0 spiro atoms. The predicted octanol–water partition coefficient (Wildman–Crippen LogP) is 2.11. The zero-order valence-electron chi connectivity index (χ0n) is 12.5. The number of nitrogens with zero attached hydrogens (tertiary/aromatic N) is 1. The van der Waals surface area contributed by atoms with Gasteiger partial charge >= 0.3 is 0 Å². The molecule has 2 aromatic rings. The topological polar surface area (TPSA) is 55.6 Å². The molecule has 0 atom stereocenters. The van der Waals surface area contributed by atoms with Crippen LogP contribution in [0.25, 0.3) is 0 Å². The number of rotatable bonds is 4. The van der Waals surface area contributed by atoms with Gasteiger partial charge in [-0.15, -0.1) is 0 Å². The van der Waals surface area contributed by atoms with Gasteiger partial charge in [-0.2, -0.15) is 0 Å². The molecule has 0 bridgehead atoms. The monoisotopic (exact) mass is 296 g/mol. The van der Waals surface area contributed by atoms with E-state index in [-0.39, 0.29) is 12.5 Å². The molecule has 4 nitrogen and oxygen atoms in total. The van der Waals surface area contributed by atoms with E-state index in [1.807, 2.05) is 41.3 Å². The SMILES string of the molecule is NCc1ccc(OCC(=O)N2CCc3ccccc3C2)cc1. The Labute approximate surface area is 130 Å². The first-order chi connectivity index (χ1) is 10.8. The molecule has 22 heavy (non-hydrogen) atoms. The van der Waals surface area contributed by atoms with Crippen LogP contribution >= 0.6 is 0 Å². The Morgan fingerprint density at radius 2 is 1.82 bits per heavy atom. The molecule has 4 heteroatoms. The van der Waals surface area contributed by atoms with Gasteiger partial charge in [0.05, 0.1) is 0 Å². The van der Waals surface area contributed by atoms with Crippen LogP contribution in [0.2, 0.25) is 0 Å². The van der Waals surface area contributed by atoms with Crippen molar-refractivity contribution in [3.63, 3.8) is 0 Å². The summed E-state index contributed by atoms with van der Waals surface area (Å²) in [5, 5.41) is 0. The normalized spacial score (nSPS) is 13.6. The number of carbonyl (C=O) groups is 1. The van der Waals surface area contributed by atoms with Crippen molar-refractivity contribution in [1.82, 2.24) is 4.90 Å². The molecule has 0 aromatic heterocycles. The third kappa shape index (κ3) is 3.28. The molecule has 0 fully saturated rings. The molecule has 1 heterocycles. The second kappa shape index (κ2) is 6.62. The van der Waals surface area contributed by atoms with Crippen molar-refractivity contribution in [3.05, 3.63) is 65.2 Å². The molecule has 0 saturated carbocycles. The summed E-state index contributed by atoms with van der Waals surface area (Å²) in [5.74, 6) is 0.723. The van der Waals surface area contributed by atoms with Crippen LogP contribution in [-0.4, -0.2) is 24.0 Å². The molecule has 0 saturated heterocycles. The summed E-state index contributed by atoms with van der Waals surface area (Å²) in [5.41, 5.74) is 9.17. The van der Waals surface area contributed by atoms with Crippen LogP contribution in [0.15, 0.2) is 48.5 Å². The zero-order valence-corrected chi connectivity index (χ0v) is 12.5. The van der Waals surface area contributed by atoms with Gasteiger partial charge in [-0.1, -0.05) is 36.4 Å². The first-order valence-electron chi connectivity index (χ1n) is 7.52. The summed E-state index contributed by atoms with van der Waals surface area (Å²) in [6.45, 7) is 2.01. The second-order valence-corrected chi connectivity index (χ2v) is 5.47. The minimum Gasteiger partial charge on any atom is -0.484 e. The van der Waals surface area contributed by atoms with Gasteiger partial charge in [0.25, 0.3) is 5.91 Å². The average Bonchev–Trinajstić information content (AvgIpc) is 2.59. The lowest BCUT2D eigenvalue weighted by Gasteiger charge is -2.28. The fraction of sp³-hybridized carbons (Fsp3) is 0.278. The largest absolute Gasteiger partial charge is 0.484 e. The number of hydrogen-bond donors (Lipinski definition) is 1. The van der Waals surface area contributed by atoms with E-state index in [1.165, 1.54) is 11.1 Å². The first kappa shape index (κ1) is 14.6. The summed E-state index contributed by atoms with van der Waals surface area (Å²) < 4.78 is 5.58. The molecule has 3 rings (SSSR count). The third-order valence-corrected chi connectivity index (χ3v) is 4.00. The summed E-state index contributed by atoms with van der Waals surface area (Å²) in [7, 11) is 0. The van der Waals surface area contributed by atoms with Crippen molar-refractivity contribution >= 4 is 5.91 Å². The highest BCUT2D eigenvalue weighted by atomic mass is 16.5. The standard InChI is InChI=1S/C18H20N2O2/c19-11-14-5-7-17(8-6-14)22-13-18(21)20-10-9-15-3-1-2-4-16(15)12-20/h1-8H,9-13,19H2. The van der Waals surface area contributed by atoms with Crippen LogP contribution in [0.3, 0.4) is 0 Å². The molecule has 0 unspecified atom stereocenters. The predicted molar refractivity (Wildman–Crippen MR) is 85.4 cm³/mol. The van der Waals surface area contributed by atoms with Crippen LogP contribution in [0.5, 0.6) is 5.75 Å². The van der Waals surface area contributed by atoms with Crippen LogP contribution in [0.4, 0.5) is 0 Å². The summed E-state index contributed by atoms with van der Waals surface area (Å²) >= 11 is 0. The smallest absolute Gasteiger partial charge is 0.260 e. The first-order valence-corrected chi connectivity index (χ1v) is 7.52. The van der Waals surface area contributed by atoms with E-state index in [4.69, 9.17) is 10.5 Å². The van der Waals surface area contributed by atoms with Crippen molar-refractivity contribution in [2.45, 2.75) is 19.5 Å². The summed E-state index contributed by atoms with van der Waals surface area (Å²) in [6, 6.07) is 15.8. The maximum atomic E-state index is 12.3. The van der Waals surface area contributed by atoms with Gasteiger partial charge in [-0.3, -0.25) is 4.79 Å². The van der Waals surface area contributed by atoms with Gasteiger partial charge in [0.1, 0.15) is 5.75 Å². The number of nitrogens with two attached hydrogens (primary N) is 1. The van der Waals surface area contributed by atoms with Gasteiger partial charge in [0, 0.05) is 19.6 Å². The van der Waals surface area contributed by atoms with E-state index < -0.39 is 0 Å². The van der Waals surface area contributed by atoms with Crippen molar-refractivity contribution in [2.24, 2.45) is 5.73 Å². The maximum absolute atomic E-state index is 12.3. The molecule has 1 aliphatic rings. The van der Waals surface area contributed by atoms with E-state index >= 15 is 0 Å². The van der Waals surface area contributed by atoms with E-state index in [2.05, 4.69) is 12.1 Å². The lowest BCUT2D eigenvalue weighted by molar-refractivity contribution is -0.134. The highest BCUT2D eigenvalue weighted by Gasteiger charge is 2.20. The maximum Gasteiger partial charge on any atom is 0.260 e. The van der Waals surface area contributed by atoms with Crippen molar-refractivity contribution < 1.29 is 9.53 Å². The molecular weight excluding hydrogens is 276 g/mol. The number of hydrogen-bond acceptors (Lipinski definition) is 3. The number of carbonyl (C=O) groups excluding carboxylic acids is 1. The van der Waals surface area contributed by atoms with Crippen molar-refractivity contribution in [2.75, 3.05) is 13.2 Å². The van der Waals surface area contributed by atoms with Crippen LogP contribution in [-0.2, 0) is 24.3 Å². The molecule has 2 N–H and O–H groups in total. The minimum absolute atomic E-state index is 0.0254. The lowest BCUT2D eigenvalue weighted by Crippen LogP contribution is -2.38. The highest BCUT2D eigenvalue weighted by Crippen LogP contribution is 2.19. The number of fused-ring (bicyclic) bond motifs is 1. The minimum atomic E-state index is 0.0254. The van der Waals surface area contributed by atoms with Crippen LogP contribution < -0.4 is 10.5 Å². The molecule has 114 valence electrons. The second-order valence-electron chi connectivity index (χ2n) is 5.47. The Hall–Kier alpha value is -2.33. The quantitative estimate of drug-likeness (QED) is 0.940. The fourth-order valence-electron chi connectivity index (χ4n) is 2.67. The summed E-state index contributed by atoms with van der Waals surface area (Å²) in [4.78, 5) is 14.1. The average molecular weight is 296 g/mol. The molecule has 0 radical (unpaired) electrons.